The van der Waals surface area contributed by atoms with Crippen molar-refractivity contribution in [1.29, 1.82) is 0 Å². The molecule has 3 aromatic rings. The zero-order chi connectivity index (χ0) is 26.4. The number of sulfonamides is 1. The first kappa shape index (κ1) is 25.9. The summed E-state index contributed by atoms with van der Waals surface area (Å²) in [6, 6.07) is 7.68. The third-order valence-electron chi connectivity index (χ3n) is 5.36. The summed E-state index contributed by atoms with van der Waals surface area (Å²) in [5.74, 6) is -1.83. The summed E-state index contributed by atoms with van der Waals surface area (Å²) in [5, 5.41) is 4.39. The third kappa shape index (κ3) is 5.95. The van der Waals surface area contributed by atoms with Crippen LogP contribution in [0.3, 0.4) is 0 Å². The van der Waals surface area contributed by atoms with Gasteiger partial charge in [0.1, 0.15) is 0 Å². The molecule has 1 aliphatic rings. The lowest BCUT2D eigenvalue weighted by Crippen LogP contribution is -2.40. The summed E-state index contributed by atoms with van der Waals surface area (Å²) in [6.45, 7) is 2.08. The highest BCUT2D eigenvalue weighted by molar-refractivity contribution is 7.89. The van der Waals surface area contributed by atoms with E-state index < -0.39 is 39.2 Å². The van der Waals surface area contributed by atoms with E-state index in [4.69, 9.17) is 4.74 Å². The Bertz CT molecular complexity index is 1350. The van der Waals surface area contributed by atoms with Crippen molar-refractivity contribution >= 4 is 10.0 Å². The Morgan fingerprint density at radius 2 is 1.75 bits per heavy atom. The summed E-state index contributed by atoms with van der Waals surface area (Å²) >= 11 is 0. The van der Waals surface area contributed by atoms with E-state index in [9.17, 15) is 34.8 Å². The lowest BCUT2D eigenvalue weighted by atomic mass is 10.0. The molecule has 0 radical (unpaired) electrons. The Morgan fingerprint density at radius 3 is 2.31 bits per heavy atom. The summed E-state index contributed by atoms with van der Waals surface area (Å²) in [7, 11) is -4.61. The van der Waals surface area contributed by atoms with Crippen LogP contribution in [-0.2, 0) is 28.3 Å². The second kappa shape index (κ2) is 9.03. The van der Waals surface area contributed by atoms with E-state index in [0.717, 1.165) is 0 Å². The molecule has 36 heavy (non-hydrogen) atoms. The average molecular weight is 535 g/mol. The number of alkyl halides is 6. The summed E-state index contributed by atoms with van der Waals surface area (Å²) in [6.07, 6.45) is -7.62. The quantitative estimate of drug-likeness (QED) is 0.422. The van der Waals surface area contributed by atoms with Crippen molar-refractivity contribution in [3.05, 3.63) is 53.9 Å². The molecule has 0 aliphatic heterocycles. The van der Waals surface area contributed by atoms with E-state index in [1.54, 1.807) is 31.2 Å². The van der Waals surface area contributed by atoms with E-state index in [-0.39, 0.29) is 11.9 Å². The van der Waals surface area contributed by atoms with Gasteiger partial charge in [0.25, 0.3) is 0 Å². The number of benzene rings is 1. The number of nitrogens with one attached hydrogen (secondary N) is 1. The maximum Gasteiger partial charge on any atom is 0.419 e. The van der Waals surface area contributed by atoms with E-state index in [1.165, 1.54) is 10.7 Å². The van der Waals surface area contributed by atoms with Gasteiger partial charge < -0.3 is 4.74 Å². The van der Waals surface area contributed by atoms with Crippen molar-refractivity contribution in [2.24, 2.45) is 0 Å². The van der Waals surface area contributed by atoms with E-state index in [0.29, 0.717) is 48.6 Å². The Kier molecular flexibility index (Phi) is 6.49. The largest absolute Gasteiger partial charge is 0.419 e. The van der Waals surface area contributed by atoms with Gasteiger partial charge in [-0.25, -0.2) is 27.8 Å². The van der Waals surface area contributed by atoms with Gasteiger partial charge in [0.05, 0.1) is 16.8 Å². The Balaban J connectivity index is 1.57. The minimum atomic E-state index is -4.87. The van der Waals surface area contributed by atoms with Crippen molar-refractivity contribution in [3.8, 4) is 23.1 Å². The molecule has 0 bridgehead atoms. The Morgan fingerprint density at radius 1 is 1.08 bits per heavy atom. The van der Waals surface area contributed by atoms with Gasteiger partial charge in [-0.05, 0) is 31.4 Å². The number of ether oxygens (including phenoxy) is 1. The van der Waals surface area contributed by atoms with Crippen LogP contribution < -0.4 is 9.46 Å². The fourth-order valence-corrected chi connectivity index (χ4v) is 4.98. The molecule has 1 saturated carbocycles. The molecule has 194 valence electrons. The second-order valence-electron chi connectivity index (χ2n) is 8.18. The zero-order valence-electron chi connectivity index (χ0n) is 18.6. The van der Waals surface area contributed by atoms with Gasteiger partial charge >= 0.3 is 18.4 Å². The molecule has 1 aromatic carbocycles. The number of rotatable bonds is 8. The fourth-order valence-electron chi connectivity index (χ4n) is 3.56. The van der Waals surface area contributed by atoms with Crippen LogP contribution in [0.25, 0.3) is 11.3 Å². The molecule has 1 fully saturated rings. The topological polar surface area (TPSA) is 99.0 Å². The van der Waals surface area contributed by atoms with E-state index in [2.05, 4.69) is 19.8 Å². The molecule has 0 spiro atoms. The molecule has 0 saturated heterocycles. The predicted octanol–water partition coefficient (Wildman–Crippen LogP) is 4.64. The number of hydrogen-bond acceptors (Lipinski definition) is 6. The predicted molar refractivity (Wildman–Crippen MR) is 114 cm³/mol. The van der Waals surface area contributed by atoms with Gasteiger partial charge in [-0.3, -0.25) is 0 Å². The fraction of sp³-hybridized carbons (Fsp3) is 0.381. The Hall–Kier alpha value is -3.20. The lowest BCUT2D eigenvalue weighted by molar-refractivity contribution is -0.138. The van der Waals surface area contributed by atoms with Crippen molar-refractivity contribution < 1.29 is 39.5 Å². The summed E-state index contributed by atoms with van der Waals surface area (Å²) in [4.78, 5) is 7.14. The molecule has 2 aromatic heterocycles. The minimum Gasteiger partial charge on any atom is -0.405 e. The first-order valence-electron chi connectivity index (χ1n) is 10.5. The van der Waals surface area contributed by atoms with Crippen LogP contribution in [0.4, 0.5) is 26.3 Å². The van der Waals surface area contributed by atoms with Crippen LogP contribution in [0.5, 0.6) is 11.9 Å². The van der Waals surface area contributed by atoms with Gasteiger partial charge in [0.2, 0.25) is 15.9 Å². The highest BCUT2D eigenvalue weighted by atomic mass is 32.2. The molecular weight excluding hydrogens is 516 g/mol. The minimum absolute atomic E-state index is 0.143. The highest BCUT2D eigenvalue weighted by Gasteiger charge is 2.49. The maximum absolute atomic E-state index is 12.7. The average Bonchev–Trinajstić information content (AvgIpc) is 3.42. The van der Waals surface area contributed by atoms with Gasteiger partial charge in [0.15, 0.2) is 5.75 Å². The molecular formula is C21H19F6N5O3S. The lowest BCUT2D eigenvalue weighted by Gasteiger charge is -2.19. The summed E-state index contributed by atoms with van der Waals surface area (Å²) < 4.78 is 109. The van der Waals surface area contributed by atoms with Crippen LogP contribution in [0.15, 0.2) is 42.7 Å². The van der Waals surface area contributed by atoms with Crippen molar-refractivity contribution in [2.75, 3.05) is 5.75 Å². The van der Waals surface area contributed by atoms with Crippen LogP contribution in [0.1, 0.15) is 30.9 Å². The number of halogens is 6. The smallest absolute Gasteiger partial charge is 0.405 e. The molecule has 1 N–H and O–H groups in total. The maximum atomic E-state index is 12.7. The second-order valence-corrected chi connectivity index (χ2v) is 9.90. The van der Waals surface area contributed by atoms with Gasteiger partial charge in [-0.15, -0.1) is 0 Å². The molecule has 15 heteroatoms. The third-order valence-corrected chi connectivity index (χ3v) is 6.77. The summed E-state index contributed by atoms with van der Waals surface area (Å²) in [5.41, 5.74) is -0.781. The normalized spacial score (nSPS) is 15.6. The first-order valence-corrected chi connectivity index (χ1v) is 12.2. The van der Waals surface area contributed by atoms with E-state index >= 15 is 0 Å². The van der Waals surface area contributed by atoms with Crippen LogP contribution in [0, 0.1) is 0 Å². The molecule has 1 aliphatic carbocycles. The number of aryl methyl sites for hydroxylation is 1. The molecule has 0 unspecified atom stereocenters. The monoisotopic (exact) mass is 535 g/mol. The molecule has 0 amide bonds. The number of hydrogen-bond donors (Lipinski definition) is 1. The van der Waals surface area contributed by atoms with Crippen molar-refractivity contribution in [3.63, 3.8) is 0 Å². The van der Waals surface area contributed by atoms with Crippen molar-refractivity contribution in [1.82, 2.24) is 24.5 Å². The van der Waals surface area contributed by atoms with Crippen molar-refractivity contribution in [2.45, 2.75) is 44.2 Å². The molecule has 2 heterocycles. The highest BCUT2D eigenvalue weighted by Crippen LogP contribution is 2.47. The standard InChI is InChI=1S/C21H19F6N5O3S/c1-2-32-17(35-18-28-10-15(11-29-18)21(25,26)27)9-16(30-32)13-4-3-5-14(8-13)19(6-7-19)31-36(33,34)12-20(22,23)24/h3-5,8-11,31H,2,6-7,12H2,1H3. The first-order chi connectivity index (χ1) is 16.7. The van der Waals surface area contributed by atoms with Crippen LogP contribution in [-0.4, -0.2) is 40.1 Å². The number of aromatic nitrogens is 4. The molecule has 8 nitrogen and oxygen atoms in total. The zero-order valence-corrected chi connectivity index (χ0v) is 19.4. The molecule has 0 atom stereocenters. The number of nitrogens with zero attached hydrogens (tertiary/aromatic N) is 4. The van der Waals surface area contributed by atoms with Gasteiger partial charge in [0, 0.05) is 30.6 Å². The SMILES string of the molecule is CCn1nc(-c2cccc(C3(NS(=O)(=O)CC(F)(F)F)CC3)c2)cc1Oc1ncc(C(F)(F)F)cn1. The van der Waals surface area contributed by atoms with Crippen LogP contribution >= 0.6 is 0 Å². The van der Waals surface area contributed by atoms with Gasteiger partial charge in [-0.2, -0.15) is 31.4 Å². The molecule has 4 rings (SSSR count). The van der Waals surface area contributed by atoms with Crippen LogP contribution in [0.2, 0.25) is 0 Å². The van der Waals surface area contributed by atoms with Gasteiger partial charge in [-0.1, -0.05) is 18.2 Å². The van der Waals surface area contributed by atoms with E-state index in [1.807, 2.05) is 0 Å². The Labute approximate surface area is 201 Å².